The van der Waals surface area contributed by atoms with Crippen LogP contribution in [0.4, 0.5) is 0 Å². The molecule has 0 heterocycles. The van der Waals surface area contributed by atoms with Crippen LogP contribution in [-0.2, 0) is 6.42 Å². The fraction of sp³-hybridized carbons (Fsp3) is 0.300. The van der Waals surface area contributed by atoms with E-state index in [-0.39, 0.29) is 0 Å². The highest BCUT2D eigenvalue weighted by molar-refractivity contribution is 8.11. The van der Waals surface area contributed by atoms with Crippen molar-refractivity contribution in [1.29, 1.82) is 0 Å². The molecule has 0 aliphatic heterocycles. The summed E-state index contributed by atoms with van der Waals surface area (Å²) in [6.45, 7) is 2.17. The van der Waals surface area contributed by atoms with Crippen LogP contribution in [0, 0.1) is 0 Å². The highest BCUT2D eigenvalue weighted by Gasteiger charge is 2.01. The first kappa shape index (κ1) is 9.75. The van der Waals surface area contributed by atoms with Gasteiger partial charge in [0, 0.05) is 5.56 Å². The number of thiol groups is 1. The molecule has 0 nitrogen and oxygen atoms in total. The highest BCUT2D eigenvalue weighted by atomic mass is 32.1. The zero-order valence-electron chi connectivity index (χ0n) is 7.08. The summed E-state index contributed by atoms with van der Waals surface area (Å²) in [5, 5.41) is 0. The average molecular weight is 196 g/mol. The van der Waals surface area contributed by atoms with Gasteiger partial charge in [-0.25, -0.2) is 0 Å². The first-order valence-corrected chi connectivity index (χ1v) is 4.92. The SMILES string of the molecule is CCCc1ccccc1C(=S)S. The predicted molar refractivity (Wildman–Crippen MR) is 61.1 cm³/mol. The molecule has 1 rings (SSSR count). The predicted octanol–water partition coefficient (Wildman–Crippen LogP) is 3.24. The van der Waals surface area contributed by atoms with Gasteiger partial charge in [0.05, 0.1) is 4.20 Å². The van der Waals surface area contributed by atoms with Crippen LogP contribution in [-0.4, -0.2) is 4.20 Å². The van der Waals surface area contributed by atoms with E-state index < -0.39 is 0 Å². The standard InChI is InChI=1S/C10H12S2/c1-2-5-8-6-3-4-7-9(8)10(11)12/h3-4,6-7H,2,5H2,1H3,(H,11,12). The molecule has 0 N–H and O–H groups in total. The number of hydrogen-bond donors (Lipinski definition) is 1. The molecule has 0 bridgehead atoms. The molecule has 0 saturated carbocycles. The van der Waals surface area contributed by atoms with E-state index in [0.29, 0.717) is 4.20 Å². The molecule has 1 aromatic carbocycles. The Hall–Kier alpha value is -0.340. The summed E-state index contributed by atoms with van der Waals surface area (Å²) < 4.78 is 0.694. The van der Waals surface area contributed by atoms with Crippen molar-refractivity contribution in [2.24, 2.45) is 0 Å². The van der Waals surface area contributed by atoms with Crippen molar-refractivity contribution in [2.75, 3.05) is 0 Å². The molecular formula is C10H12S2. The number of benzene rings is 1. The highest BCUT2D eigenvalue weighted by Crippen LogP contribution is 2.13. The molecule has 0 aromatic heterocycles. The third-order valence-electron chi connectivity index (χ3n) is 1.77. The molecule has 0 aliphatic rings. The summed E-state index contributed by atoms with van der Waals surface area (Å²) in [6, 6.07) is 8.18. The molecule has 0 saturated heterocycles. The average Bonchev–Trinajstić information content (AvgIpc) is 2.05. The third kappa shape index (κ3) is 2.32. The molecular weight excluding hydrogens is 184 g/mol. The van der Waals surface area contributed by atoms with Crippen LogP contribution in [0.5, 0.6) is 0 Å². The smallest absolute Gasteiger partial charge is 0.0750 e. The molecule has 0 amide bonds. The maximum atomic E-state index is 5.03. The molecule has 1 aromatic rings. The van der Waals surface area contributed by atoms with Gasteiger partial charge in [0.25, 0.3) is 0 Å². The molecule has 12 heavy (non-hydrogen) atoms. The number of thiocarbonyl (C=S) groups is 1. The fourth-order valence-electron chi connectivity index (χ4n) is 1.22. The Morgan fingerprint density at radius 2 is 2.08 bits per heavy atom. The minimum atomic E-state index is 0.694. The number of rotatable bonds is 3. The van der Waals surface area contributed by atoms with Crippen LogP contribution in [0.3, 0.4) is 0 Å². The van der Waals surface area contributed by atoms with Gasteiger partial charge >= 0.3 is 0 Å². The topological polar surface area (TPSA) is 0 Å². The van der Waals surface area contributed by atoms with Gasteiger partial charge in [-0.3, -0.25) is 0 Å². The molecule has 0 radical (unpaired) electrons. The summed E-state index contributed by atoms with van der Waals surface area (Å²) in [5.41, 5.74) is 2.41. The van der Waals surface area contributed by atoms with E-state index in [2.05, 4.69) is 25.6 Å². The van der Waals surface area contributed by atoms with Crippen molar-refractivity contribution in [3.8, 4) is 0 Å². The second kappa shape index (κ2) is 4.63. The Labute approximate surface area is 84.4 Å². The van der Waals surface area contributed by atoms with Gasteiger partial charge in [-0.2, -0.15) is 0 Å². The first-order chi connectivity index (χ1) is 5.75. The van der Waals surface area contributed by atoms with Crippen molar-refractivity contribution in [2.45, 2.75) is 19.8 Å². The van der Waals surface area contributed by atoms with Crippen LogP contribution < -0.4 is 0 Å². The van der Waals surface area contributed by atoms with Gasteiger partial charge in [-0.15, -0.1) is 12.6 Å². The van der Waals surface area contributed by atoms with E-state index in [0.717, 1.165) is 18.4 Å². The van der Waals surface area contributed by atoms with Gasteiger partial charge in [0.1, 0.15) is 0 Å². The lowest BCUT2D eigenvalue weighted by Gasteiger charge is -2.05. The van der Waals surface area contributed by atoms with E-state index in [9.17, 15) is 0 Å². The Morgan fingerprint density at radius 3 is 2.67 bits per heavy atom. The van der Waals surface area contributed by atoms with E-state index in [1.54, 1.807) is 0 Å². The van der Waals surface area contributed by atoms with Crippen LogP contribution in [0.25, 0.3) is 0 Å². The van der Waals surface area contributed by atoms with Crippen molar-refractivity contribution in [3.63, 3.8) is 0 Å². The quantitative estimate of drug-likeness (QED) is 0.572. The Bertz CT molecular complexity index is 279. The monoisotopic (exact) mass is 196 g/mol. The second-order valence-corrected chi connectivity index (χ2v) is 3.87. The van der Waals surface area contributed by atoms with E-state index >= 15 is 0 Å². The third-order valence-corrected chi connectivity index (χ3v) is 2.23. The van der Waals surface area contributed by atoms with Crippen LogP contribution in [0.1, 0.15) is 24.5 Å². The van der Waals surface area contributed by atoms with Gasteiger partial charge < -0.3 is 0 Å². The number of aryl methyl sites for hydroxylation is 1. The first-order valence-electron chi connectivity index (χ1n) is 4.07. The van der Waals surface area contributed by atoms with Crippen LogP contribution in [0.2, 0.25) is 0 Å². The van der Waals surface area contributed by atoms with Crippen molar-refractivity contribution in [1.82, 2.24) is 0 Å². The lowest BCUT2D eigenvalue weighted by Crippen LogP contribution is -1.95. The summed E-state index contributed by atoms with van der Waals surface area (Å²) in [6.07, 6.45) is 2.23. The van der Waals surface area contributed by atoms with Crippen LogP contribution in [0.15, 0.2) is 24.3 Å². The second-order valence-electron chi connectivity index (χ2n) is 2.71. The number of hydrogen-bond acceptors (Lipinski definition) is 1. The Kier molecular flexibility index (Phi) is 3.76. The van der Waals surface area contributed by atoms with E-state index in [1.165, 1.54) is 5.56 Å². The zero-order chi connectivity index (χ0) is 8.97. The van der Waals surface area contributed by atoms with Crippen LogP contribution >= 0.6 is 24.8 Å². The van der Waals surface area contributed by atoms with Gasteiger partial charge in [-0.05, 0) is 12.0 Å². The Morgan fingerprint density at radius 1 is 1.42 bits per heavy atom. The Balaban J connectivity index is 3.00. The minimum Gasteiger partial charge on any atom is -0.131 e. The summed E-state index contributed by atoms with van der Waals surface area (Å²) >= 11 is 9.21. The zero-order valence-corrected chi connectivity index (χ0v) is 8.79. The molecule has 2 heteroatoms. The summed E-state index contributed by atoms with van der Waals surface area (Å²) in [4.78, 5) is 0. The lowest BCUT2D eigenvalue weighted by molar-refractivity contribution is 0.920. The molecule has 64 valence electrons. The molecule has 0 spiro atoms. The van der Waals surface area contributed by atoms with Crippen molar-refractivity contribution >= 4 is 29.0 Å². The van der Waals surface area contributed by atoms with Gasteiger partial charge in [0.15, 0.2) is 0 Å². The minimum absolute atomic E-state index is 0.694. The molecule has 0 atom stereocenters. The molecule has 0 aliphatic carbocycles. The lowest BCUT2D eigenvalue weighted by atomic mass is 10.0. The summed E-state index contributed by atoms with van der Waals surface area (Å²) in [7, 11) is 0. The largest absolute Gasteiger partial charge is 0.131 e. The van der Waals surface area contributed by atoms with Gasteiger partial charge in [-0.1, -0.05) is 49.8 Å². The fourth-order valence-corrected chi connectivity index (χ4v) is 1.63. The van der Waals surface area contributed by atoms with Crippen molar-refractivity contribution < 1.29 is 0 Å². The van der Waals surface area contributed by atoms with Crippen molar-refractivity contribution in [3.05, 3.63) is 35.4 Å². The van der Waals surface area contributed by atoms with E-state index in [1.807, 2.05) is 18.2 Å². The summed E-state index contributed by atoms with van der Waals surface area (Å²) in [5.74, 6) is 0. The maximum absolute atomic E-state index is 5.03. The molecule has 0 fully saturated rings. The maximum Gasteiger partial charge on any atom is 0.0750 e. The van der Waals surface area contributed by atoms with E-state index in [4.69, 9.17) is 12.2 Å². The molecule has 0 unspecified atom stereocenters. The normalized spacial score (nSPS) is 9.83. The van der Waals surface area contributed by atoms with Gasteiger partial charge in [0.2, 0.25) is 0 Å².